The molecule has 0 aliphatic rings. The van der Waals surface area contributed by atoms with Crippen LogP contribution >= 0.6 is 11.6 Å². The Morgan fingerprint density at radius 2 is 2.24 bits per heavy atom. The number of furan rings is 1. The molecule has 0 atom stereocenters. The van der Waals surface area contributed by atoms with Crippen molar-refractivity contribution in [2.75, 3.05) is 18.5 Å². The molecule has 1 amide bonds. The van der Waals surface area contributed by atoms with Crippen molar-refractivity contribution in [2.24, 2.45) is 0 Å². The third-order valence-electron chi connectivity index (χ3n) is 3.44. The Bertz CT molecular complexity index is 916. The molecule has 0 spiro atoms. The fourth-order valence-electron chi connectivity index (χ4n) is 2.29. The normalized spacial score (nSPS) is 10.8. The lowest BCUT2D eigenvalue weighted by molar-refractivity contribution is 0.0152. The van der Waals surface area contributed by atoms with Crippen LogP contribution in [0.1, 0.15) is 10.6 Å². The molecule has 2 aromatic heterocycles. The molecule has 7 nitrogen and oxygen atoms in total. The van der Waals surface area contributed by atoms with Crippen molar-refractivity contribution in [1.82, 2.24) is 10.5 Å². The van der Waals surface area contributed by atoms with Gasteiger partial charge >= 0.3 is 5.91 Å². The van der Waals surface area contributed by atoms with Crippen LogP contribution in [0.25, 0.3) is 11.0 Å². The maximum absolute atomic E-state index is 12.3. The van der Waals surface area contributed by atoms with E-state index in [4.69, 9.17) is 26.0 Å². The zero-order chi connectivity index (χ0) is 17.8. The molecule has 0 aliphatic carbocycles. The molecule has 9 heteroatoms. The largest absolute Gasteiger partial charge is 0.448 e. The average Bonchev–Trinajstić information content (AvgIpc) is 2.96. The summed E-state index contributed by atoms with van der Waals surface area (Å²) in [4.78, 5) is 21.3. The zero-order valence-electron chi connectivity index (χ0n) is 13.4. The number of halogens is 1. The topological polar surface area (TPSA) is 96.6 Å². The standard InChI is InChI=1S/C16H15BClN3O4/c17-9-1-2-12(11(18)7-9)20-14-10-8-19-4-3-13(10)25-15(14)16(23)21-24-6-5-22/h1-4,7-8,20,22H,5-6,17H2,(H,21,23). The summed E-state index contributed by atoms with van der Waals surface area (Å²) in [6, 6.07) is 7.19. The van der Waals surface area contributed by atoms with Gasteiger partial charge in [-0.2, -0.15) is 0 Å². The van der Waals surface area contributed by atoms with Gasteiger partial charge in [-0.05, 0) is 18.2 Å². The fourth-order valence-corrected chi connectivity index (χ4v) is 2.57. The second-order valence-electron chi connectivity index (χ2n) is 5.29. The maximum atomic E-state index is 12.3. The molecule has 1 aromatic carbocycles. The van der Waals surface area contributed by atoms with Gasteiger partial charge < -0.3 is 14.8 Å². The molecule has 0 saturated carbocycles. The van der Waals surface area contributed by atoms with Crippen molar-refractivity contribution in [1.29, 1.82) is 0 Å². The highest BCUT2D eigenvalue weighted by molar-refractivity contribution is 6.38. The van der Waals surface area contributed by atoms with Crippen molar-refractivity contribution in [3.8, 4) is 0 Å². The lowest BCUT2D eigenvalue weighted by atomic mass is 9.96. The average molecular weight is 360 g/mol. The molecule has 0 radical (unpaired) electrons. The summed E-state index contributed by atoms with van der Waals surface area (Å²) in [5, 5.41) is 13.0. The van der Waals surface area contributed by atoms with Crippen LogP contribution in [-0.4, -0.2) is 37.1 Å². The molecular formula is C16H15BClN3O4. The number of aliphatic hydroxyl groups is 1. The van der Waals surface area contributed by atoms with E-state index in [0.29, 0.717) is 27.4 Å². The van der Waals surface area contributed by atoms with Gasteiger partial charge in [-0.25, -0.2) is 5.48 Å². The number of pyridine rings is 1. The molecule has 25 heavy (non-hydrogen) atoms. The summed E-state index contributed by atoms with van der Waals surface area (Å²) >= 11 is 6.27. The molecule has 3 N–H and O–H groups in total. The number of benzene rings is 1. The van der Waals surface area contributed by atoms with E-state index in [2.05, 4.69) is 15.8 Å². The number of amides is 1. The van der Waals surface area contributed by atoms with Crippen LogP contribution in [0.4, 0.5) is 11.4 Å². The van der Waals surface area contributed by atoms with Crippen LogP contribution in [0.3, 0.4) is 0 Å². The molecule has 0 unspecified atom stereocenters. The Kier molecular flexibility index (Phi) is 5.23. The number of hydroxylamine groups is 1. The van der Waals surface area contributed by atoms with Crippen molar-refractivity contribution < 1.29 is 19.2 Å². The number of aromatic nitrogens is 1. The van der Waals surface area contributed by atoms with Crippen LogP contribution in [0.15, 0.2) is 41.1 Å². The van der Waals surface area contributed by atoms with E-state index in [-0.39, 0.29) is 19.0 Å². The first kappa shape index (κ1) is 17.3. The minimum Gasteiger partial charge on any atom is -0.448 e. The number of hydrogen-bond acceptors (Lipinski definition) is 6. The van der Waals surface area contributed by atoms with Crippen molar-refractivity contribution in [2.45, 2.75) is 0 Å². The van der Waals surface area contributed by atoms with Gasteiger partial charge in [0, 0.05) is 12.4 Å². The first-order valence-corrected chi connectivity index (χ1v) is 7.90. The molecule has 0 aliphatic heterocycles. The molecule has 3 aromatic rings. The second-order valence-corrected chi connectivity index (χ2v) is 5.70. The summed E-state index contributed by atoms with van der Waals surface area (Å²) in [6.45, 7) is -0.242. The van der Waals surface area contributed by atoms with Crippen LogP contribution in [0, 0.1) is 0 Å². The van der Waals surface area contributed by atoms with Crippen molar-refractivity contribution in [3.63, 3.8) is 0 Å². The number of rotatable bonds is 6. The first-order chi connectivity index (χ1) is 12.1. The fraction of sp³-hybridized carbons (Fsp3) is 0.125. The van der Waals surface area contributed by atoms with Gasteiger partial charge in [0.25, 0.3) is 0 Å². The molecule has 2 heterocycles. The van der Waals surface area contributed by atoms with Gasteiger partial charge in [0.05, 0.1) is 29.3 Å². The molecule has 0 bridgehead atoms. The molecule has 128 valence electrons. The predicted molar refractivity (Wildman–Crippen MR) is 97.4 cm³/mol. The number of carbonyl (C=O) groups excluding carboxylic acids is 1. The van der Waals surface area contributed by atoms with Gasteiger partial charge in [-0.1, -0.05) is 23.1 Å². The van der Waals surface area contributed by atoms with Gasteiger partial charge in [-0.15, -0.1) is 0 Å². The van der Waals surface area contributed by atoms with E-state index in [0.717, 1.165) is 5.46 Å². The number of nitrogens with one attached hydrogen (secondary N) is 2. The number of carbonyl (C=O) groups is 1. The predicted octanol–water partition coefficient (Wildman–Crippen LogP) is 1.14. The summed E-state index contributed by atoms with van der Waals surface area (Å²) in [5.74, 6) is -0.562. The smallest absolute Gasteiger partial charge is 0.312 e. The highest BCUT2D eigenvalue weighted by atomic mass is 35.5. The summed E-state index contributed by atoms with van der Waals surface area (Å²) < 4.78 is 5.63. The van der Waals surface area contributed by atoms with E-state index in [1.54, 1.807) is 18.5 Å². The van der Waals surface area contributed by atoms with Crippen LogP contribution in [0.2, 0.25) is 5.02 Å². The molecule has 0 saturated heterocycles. The summed E-state index contributed by atoms with van der Waals surface area (Å²) in [7, 11) is 1.93. The third-order valence-corrected chi connectivity index (χ3v) is 3.75. The van der Waals surface area contributed by atoms with Crippen molar-refractivity contribution >= 4 is 53.2 Å². The Morgan fingerprint density at radius 3 is 3.00 bits per heavy atom. The Labute approximate surface area is 149 Å². The Hall–Kier alpha value is -2.55. The lowest BCUT2D eigenvalue weighted by Gasteiger charge is -2.10. The SMILES string of the molecule is Bc1ccc(Nc2c(C(=O)NOCCO)oc3ccncc23)c(Cl)c1. The number of hydrogen-bond donors (Lipinski definition) is 3. The van der Waals surface area contributed by atoms with Crippen LogP contribution in [-0.2, 0) is 4.84 Å². The molecule has 3 rings (SSSR count). The number of fused-ring (bicyclic) bond motifs is 1. The van der Waals surface area contributed by atoms with Crippen molar-refractivity contribution in [3.05, 3.63) is 47.4 Å². The van der Waals surface area contributed by atoms with E-state index in [1.165, 1.54) is 0 Å². The van der Waals surface area contributed by atoms with Gasteiger partial charge in [0.1, 0.15) is 19.1 Å². The van der Waals surface area contributed by atoms with Gasteiger partial charge in [-0.3, -0.25) is 14.6 Å². The van der Waals surface area contributed by atoms with E-state index in [9.17, 15) is 4.79 Å². The third kappa shape index (κ3) is 3.76. The van der Waals surface area contributed by atoms with Gasteiger partial charge in [0.15, 0.2) is 0 Å². The monoisotopic (exact) mass is 359 g/mol. The minimum atomic E-state index is -0.588. The summed E-state index contributed by atoms with van der Waals surface area (Å²) in [5.41, 5.74) is 4.79. The highest BCUT2D eigenvalue weighted by Gasteiger charge is 2.22. The lowest BCUT2D eigenvalue weighted by Crippen LogP contribution is -2.25. The first-order valence-electron chi connectivity index (χ1n) is 7.53. The summed E-state index contributed by atoms with van der Waals surface area (Å²) in [6.07, 6.45) is 3.16. The second kappa shape index (κ2) is 7.56. The maximum Gasteiger partial charge on any atom is 0.312 e. The van der Waals surface area contributed by atoms with Crippen LogP contribution < -0.4 is 16.3 Å². The minimum absolute atomic E-state index is 0.0255. The van der Waals surface area contributed by atoms with E-state index >= 15 is 0 Å². The van der Waals surface area contributed by atoms with E-state index in [1.807, 2.05) is 26.0 Å². The molecule has 0 fully saturated rings. The highest BCUT2D eigenvalue weighted by Crippen LogP contribution is 2.34. The van der Waals surface area contributed by atoms with E-state index < -0.39 is 5.91 Å². The van der Waals surface area contributed by atoms with Crippen LogP contribution in [0.5, 0.6) is 0 Å². The Balaban J connectivity index is 1.99. The number of aliphatic hydroxyl groups excluding tert-OH is 1. The quantitative estimate of drug-likeness (QED) is 0.347. The Morgan fingerprint density at radius 1 is 1.40 bits per heavy atom. The zero-order valence-corrected chi connectivity index (χ0v) is 14.1. The number of anilines is 2. The number of nitrogens with zero attached hydrogens (tertiary/aromatic N) is 1. The molecular weight excluding hydrogens is 344 g/mol. The van der Waals surface area contributed by atoms with Gasteiger partial charge in [0.2, 0.25) is 5.76 Å².